The zero-order valence-corrected chi connectivity index (χ0v) is 15.8. The van der Waals surface area contributed by atoms with Crippen LogP contribution in [0.25, 0.3) is 11.1 Å². The van der Waals surface area contributed by atoms with Crippen LogP contribution >= 0.6 is 0 Å². The van der Waals surface area contributed by atoms with Gasteiger partial charge < -0.3 is 15.5 Å². The monoisotopic (exact) mass is 365 g/mol. The highest BCUT2D eigenvalue weighted by molar-refractivity contribution is 5.94. The molecule has 1 fully saturated rings. The number of rotatable bonds is 5. The normalized spacial score (nSPS) is 16.6. The second-order valence-corrected chi connectivity index (χ2v) is 6.96. The van der Waals surface area contributed by atoms with Crippen molar-refractivity contribution in [3.05, 3.63) is 54.6 Å². The van der Waals surface area contributed by atoms with Gasteiger partial charge in [-0.3, -0.25) is 4.79 Å². The van der Waals surface area contributed by atoms with E-state index in [1.165, 1.54) is 6.92 Å². The first kappa shape index (κ1) is 19.0. The molecule has 1 saturated heterocycles. The van der Waals surface area contributed by atoms with Gasteiger partial charge in [0.2, 0.25) is 5.91 Å². The molecule has 5 heteroatoms. The molecule has 3 rings (SSSR count). The molecular formula is C22H27N3O2. The van der Waals surface area contributed by atoms with Crippen LogP contribution in [-0.2, 0) is 4.79 Å². The van der Waals surface area contributed by atoms with Crippen LogP contribution < -0.4 is 10.6 Å². The molecule has 1 atom stereocenters. The summed E-state index contributed by atoms with van der Waals surface area (Å²) < 4.78 is 0. The first-order chi connectivity index (χ1) is 13.1. The molecule has 1 heterocycles. The third-order valence-corrected chi connectivity index (χ3v) is 4.99. The molecule has 2 aromatic carbocycles. The summed E-state index contributed by atoms with van der Waals surface area (Å²) in [5.41, 5.74) is 2.91. The fraction of sp³-hybridized carbons (Fsp3) is 0.364. The lowest BCUT2D eigenvalue weighted by molar-refractivity contribution is -0.119. The summed E-state index contributed by atoms with van der Waals surface area (Å²) in [6.45, 7) is 2.88. The van der Waals surface area contributed by atoms with E-state index < -0.39 is 0 Å². The van der Waals surface area contributed by atoms with Crippen molar-refractivity contribution < 1.29 is 9.59 Å². The molecule has 27 heavy (non-hydrogen) atoms. The van der Waals surface area contributed by atoms with Crippen LogP contribution in [0.1, 0.15) is 32.6 Å². The highest BCUT2D eigenvalue weighted by Gasteiger charge is 2.26. The minimum Gasteiger partial charge on any atom is -0.356 e. The Balaban J connectivity index is 1.71. The van der Waals surface area contributed by atoms with Gasteiger partial charge in [-0.15, -0.1) is 0 Å². The van der Waals surface area contributed by atoms with Gasteiger partial charge in [-0.25, -0.2) is 4.79 Å². The van der Waals surface area contributed by atoms with Gasteiger partial charge in [-0.1, -0.05) is 48.5 Å². The van der Waals surface area contributed by atoms with Gasteiger partial charge in [0.05, 0.1) is 5.69 Å². The predicted molar refractivity (Wildman–Crippen MR) is 109 cm³/mol. The number of benzene rings is 2. The van der Waals surface area contributed by atoms with Crippen LogP contribution in [0.4, 0.5) is 10.5 Å². The van der Waals surface area contributed by atoms with E-state index in [-0.39, 0.29) is 18.0 Å². The van der Waals surface area contributed by atoms with Crippen molar-refractivity contribution in [3.8, 4) is 11.1 Å². The molecule has 0 aliphatic carbocycles. The minimum atomic E-state index is -0.0640. The molecular weight excluding hydrogens is 338 g/mol. The average molecular weight is 365 g/mol. The van der Waals surface area contributed by atoms with E-state index in [9.17, 15) is 9.59 Å². The molecule has 5 nitrogen and oxygen atoms in total. The number of nitrogens with one attached hydrogen (secondary N) is 2. The highest BCUT2D eigenvalue weighted by Crippen LogP contribution is 2.28. The van der Waals surface area contributed by atoms with E-state index in [1.54, 1.807) is 0 Å². The van der Waals surface area contributed by atoms with Crippen LogP contribution in [0, 0.1) is 0 Å². The molecule has 1 aliphatic heterocycles. The van der Waals surface area contributed by atoms with E-state index in [0.29, 0.717) is 6.54 Å². The number of hydrogen-bond donors (Lipinski definition) is 2. The Labute approximate surface area is 160 Å². The van der Waals surface area contributed by atoms with Gasteiger partial charge >= 0.3 is 6.03 Å². The van der Waals surface area contributed by atoms with E-state index in [2.05, 4.69) is 10.6 Å². The second-order valence-electron chi connectivity index (χ2n) is 6.96. The van der Waals surface area contributed by atoms with Crippen LogP contribution in [0.15, 0.2) is 54.6 Å². The van der Waals surface area contributed by atoms with Gasteiger partial charge in [-0.05, 0) is 37.3 Å². The summed E-state index contributed by atoms with van der Waals surface area (Å²) in [4.78, 5) is 26.0. The van der Waals surface area contributed by atoms with Crippen molar-refractivity contribution in [2.75, 3.05) is 18.4 Å². The summed E-state index contributed by atoms with van der Waals surface area (Å²) in [7, 11) is 0. The number of nitrogens with zero attached hydrogens (tertiary/aromatic N) is 1. The molecule has 3 amide bonds. The third kappa shape index (κ3) is 5.09. The van der Waals surface area contributed by atoms with Crippen LogP contribution in [0.3, 0.4) is 0 Å². The van der Waals surface area contributed by atoms with Crippen molar-refractivity contribution >= 4 is 17.6 Å². The molecule has 0 unspecified atom stereocenters. The Morgan fingerprint density at radius 2 is 1.78 bits per heavy atom. The minimum absolute atomic E-state index is 0.0291. The molecule has 0 radical (unpaired) electrons. The largest absolute Gasteiger partial charge is 0.356 e. The molecule has 0 spiro atoms. The van der Waals surface area contributed by atoms with Crippen LogP contribution in [0.5, 0.6) is 0 Å². The predicted octanol–water partition coefficient (Wildman–Crippen LogP) is 4.27. The number of para-hydroxylation sites is 1. The standard InChI is InChI=1S/C22H27N3O2/c1-17(26)23-15-14-19-11-7-8-16-25(19)22(27)24-21-13-6-5-12-20(21)18-9-3-2-4-10-18/h2-6,9-10,12-13,19H,7-8,11,14-16H2,1H3,(H,23,26)(H,24,27)/t19-/m0/s1. The first-order valence-electron chi connectivity index (χ1n) is 9.61. The van der Waals surface area contributed by atoms with Crippen molar-refractivity contribution in [2.24, 2.45) is 0 Å². The molecule has 0 aromatic heterocycles. The highest BCUT2D eigenvalue weighted by atomic mass is 16.2. The Bertz CT molecular complexity index is 776. The molecule has 2 aromatic rings. The second kappa shape index (κ2) is 9.21. The topological polar surface area (TPSA) is 61.4 Å². The summed E-state index contributed by atoms with van der Waals surface area (Å²) >= 11 is 0. The average Bonchev–Trinajstić information content (AvgIpc) is 2.69. The lowest BCUT2D eigenvalue weighted by Crippen LogP contribution is -2.47. The van der Waals surface area contributed by atoms with Gasteiger partial charge in [0, 0.05) is 31.6 Å². The number of likely N-dealkylation sites (tertiary alicyclic amines) is 1. The number of anilines is 1. The quantitative estimate of drug-likeness (QED) is 0.831. The van der Waals surface area contributed by atoms with Gasteiger partial charge in [0.25, 0.3) is 0 Å². The maximum absolute atomic E-state index is 13.0. The number of amides is 3. The molecule has 1 aliphatic rings. The molecule has 0 saturated carbocycles. The Morgan fingerprint density at radius 3 is 2.56 bits per heavy atom. The lowest BCUT2D eigenvalue weighted by atomic mass is 9.99. The molecule has 0 bridgehead atoms. The van der Waals surface area contributed by atoms with Gasteiger partial charge in [-0.2, -0.15) is 0 Å². The van der Waals surface area contributed by atoms with Crippen molar-refractivity contribution in [2.45, 2.75) is 38.6 Å². The van der Waals surface area contributed by atoms with Crippen molar-refractivity contribution in [3.63, 3.8) is 0 Å². The fourth-order valence-electron chi connectivity index (χ4n) is 3.63. The van der Waals surface area contributed by atoms with E-state index in [4.69, 9.17) is 0 Å². The van der Waals surface area contributed by atoms with E-state index in [1.807, 2.05) is 59.5 Å². The number of carbonyl (C=O) groups is 2. The van der Waals surface area contributed by atoms with Crippen LogP contribution in [-0.4, -0.2) is 36.0 Å². The van der Waals surface area contributed by atoms with E-state index >= 15 is 0 Å². The first-order valence-corrected chi connectivity index (χ1v) is 9.61. The summed E-state index contributed by atoms with van der Waals surface area (Å²) in [5, 5.41) is 5.94. The number of carbonyl (C=O) groups excluding carboxylic acids is 2. The van der Waals surface area contributed by atoms with E-state index in [0.717, 1.165) is 49.0 Å². The van der Waals surface area contributed by atoms with Gasteiger partial charge in [0.1, 0.15) is 0 Å². The Morgan fingerprint density at radius 1 is 1.04 bits per heavy atom. The maximum Gasteiger partial charge on any atom is 0.322 e. The van der Waals surface area contributed by atoms with Crippen molar-refractivity contribution in [1.29, 1.82) is 0 Å². The SMILES string of the molecule is CC(=O)NCC[C@@H]1CCCCN1C(=O)Nc1ccccc1-c1ccccc1. The Hall–Kier alpha value is -2.82. The van der Waals surface area contributed by atoms with Crippen molar-refractivity contribution in [1.82, 2.24) is 10.2 Å². The Kier molecular flexibility index (Phi) is 6.47. The van der Waals surface area contributed by atoms with Gasteiger partial charge in [0.15, 0.2) is 0 Å². The number of hydrogen-bond acceptors (Lipinski definition) is 2. The summed E-state index contributed by atoms with van der Waals surface area (Å²) in [6, 6.07) is 18.0. The summed E-state index contributed by atoms with van der Waals surface area (Å²) in [5.74, 6) is -0.0291. The molecule has 142 valence electrons. The number of piperidine rings is 1. The fourth-order valence-corrected chi connectivity index (χ4v) is 3.63. The van der Waals surface area contributed by atoms with Crippen LogP contribution in [0.2, 0.25) is 0 Å². The summed E-state index contributed by atoms with van der Waals surface area (Å²) in [6.07, 6.45) is 3.90. The maximum atomic E-state index is 13.0. The zero-order valence-electron chi connectivity index (χ0n) is 15.8. The lowest BCUT2D eigenvalue weighted by Gasteiger charge is -2.36. The smallest absolute Gasteiger partial charge is 0.322 e. The third-order valence-electron chi connectivity index (χ3n) is 4.99. The number of urea groups is 1. The zero-order chi connectivity index (χ0) is 19.1. The molecule has 2 N–H and O–H groups in total.